The molecule has 1 aliphatic rings. The van der Waals surface area contributed by atoms with E-state index in [1.54, 1.807) is 0 Å². The van der Waals surface area contributed by atoms with Crippen LogP contribution in [0.1, 0.15) is 32.6 Å². The molecule has 2 unspecified atom stereocenters. The van der Waals surface area contributed by atoms with E-state index >= 15 is 0 Å². The summed E-state index contributed by atoms with van der Waals surface area (Å²) in [4.78, 5) is 22.5. The van der Waals surface area contributed by atoms with E-state index in [4.69, 9.17) is 10.2 Å². The minimum absolute atomic E-state index is 0.0360. The van der Waals surface area contributed by atoms with Crippen LogP contribution in [0.25, 0.3) is 0 Å². The van der Waals surface area contributed by atoms with Crippen LogP contribution >= 0.6 is 0 Å². The quantitative estimate of drug-likeness (QED) is 0.525. The number of carbonyl (C=O) groups excluding carboxylic acids is 1. The highest BCUT2D eigenvalue weighted by Gasteiger charge is 2.37. The fourth-order valence-electron chi connectivity index (χ4n) is 2.26. The minimum atomic E-state index is -1.41. The second kappa shape index (κ2) is 6.70. The lowest BCUT2D eigenvalue weighted by Crippen LogP contribution is -2.50. The number of nitrogens with one attached hydrogen (secondary N) is 2. The zero-order valence-electron chi connectivity index (χ0n) is 10.7. The molecule has 1 aliphatic heterocycles. The van der Waals surface area contributed by atoms with Crippen LogP contribution < -0.4 is 10.6 Å². The zero-order valence-corrected chi connectivity index (χ0v) is 10.7. The lowest BCUT2D eigenvalue weighted by atomic mass is 9.77. The van der Waals surface area contributed by atoms with Crippen LogP contribution in [0.2, 0.25) is 0 Å². The fraction of sp³-hybridized carbons (Fsp3) is 0.833. The molecule has 1 rings (SSSR count). The van der Waals surface area contributed by atoms with Crippen molar-refractivity contribution in [1.82, 2.24) is 10.6 Å². The SMILES string of the molecule is CCC1(C(=O)NCCC(O)C(=O)O)CCCNC1. The Morgan fingerprint density at radius 2 is 2.22 bits per heavy atom. The van der Waals surface area contributed by atoms with Gasteiger partial charge in [0.05, 0.1) is 5.41 Å². The molecule has 104 valence electrons. The number of carboxylic acid groups (broad SMARTS) is 1. The van der Waals surface area contributed by atoms with Crippen molar-refractivity contribution in [3.8, 4) is 0 Å². The molecule has 6 heteroatoms. The molecule has 18 heavy (non-hydrogen) atoms. The predicted molar refractivity (Wildman–Crippen MR) is 66.1 cm³/mol. The van der Waals surface area contributed by atoms with Crippen molar-refractivity contribution >= 4 is 11.9 Å². The molecule has 1 amide bonds. The van der Waals surface area contributed by atoms with Gasteiger partial charge in [0.15, 0.2) is 6.10 Å². The van der Waals surface area contributed by atoms with Crippen LogP contribution in [0.15, 0.2) is 0 Å². The highest BCUT2D eigenvalue weighted by molar-refractivity contribution is 5.83. The van der Waals surface area contributed by atoms with Gasteiger partial charge in [-0.05, 0) is 25.8 Å². The average molecular weight is 258 g/mol. The molecule has 4 N–H and O–H groups in total. The second-order valence-electron chi connectivity index (χ2n) is 4.81. The minimum Gasteiger partial charge on any atom is -0.479 e. The zero-order chi connectivity index (χ0) is 13.6. The lowest BCUT2D eigenvalue weighted by Gasteiger charge is -2.35. The molecule has 1 saturated heterocycles. The van der Waals surface area contributed by atoms with Gasteiger partial charge in [0, 0.05) is 19.5 Å². The number of aliphatic hydroxyl groups is 1. The number of piperidine rings is 1. The number of aliphatic carboxylic acids is 1. The Morgan fingerprint density at radius 3 is 2.72 bits per heavy atom. The van der Waals surface area contributed by atoms with Gasteiger partial charge >= 0.3 is 5.97 Å². The fourth-order valence-corrected chi connectivity index (χ4v) is 2.26. The van der Waals surface area contributed by atoms with E-state index in [9.17, 15) is 9.59 Å². The lowest BCUT2D eigenvalue weighted by molar-refractivity contribution is -0.147. The molecule has 0 saturated carbocycles. The van der Waals surface area contributed by atoms with Crippen molar-refractivity contribution in [3.63, 3.8) is 0 Å². The maximum Gasteiger partial charge on any atom is 0.332 e. The van der Waals surface area contributed by atoms with E-state index < -0.39 is 12.1 Å². The number of aliphatic hydroxyl groups excluding tert-OH is 1. The Bertz CT molecular complexity index is 300. The third kappa shape index (κ3) is 3.68. The van der Waals surface area contributed by atoms with Gasteiger partial charge < -0.3 is 20.8 Å². The van der Waals surface area contributed by atoms with E-state index in [1.165, 1.54) is 0 Å². The van der Waals surface area contributed by atoms with Gasteiger partial charge in [0.2, 0.25) is 5.91 Å². The molecule has 0 bridgehead atoms. The van der Waals surface area contributed by atoms with Gasteiger partial charge in [-0.2, -0.15) is 0 Å². The Balaban J connectivity index is 2.41. The monoisotopic (exact) mass is 258 g/mol. The van der Waals surface area contributed by atoms with E-state index in [0.717, 1.165) is 25.8 Å². The summed E-state index contributed by atoms with van der Waals surface area (Å²) in [6, 6.07) is 0. The molecule has 0 aromatic carbocycles. The summed E-state index contributed by atoms with van der Waals surface area (Å²) in [7, 11) is 0. The first kappa shape index (κ1) is 14.9. The molecular formula is C12H22N2O4. The van der Waals surface area contributed by atoms with Crippen LogP contribution in [0.5, 0.6) is 0 Å². The van der Waals surface area contributed by atoms with Gasteiger partial charge in [-0.15, -0.1) is 0 Å². The summed E-state index contributed by atoms with van der Waals surface area (Å²) in [5, 5.41) is 23.6. The second-order valence-corrected chi connectivity index (χ2v) is 4.81. The summed E-state index contributed by atoms with van der Waals surface area (Å²) in [6.45, 7) is 3.77. The molecule has 0 aromatic rings. The van der Waals surface area contributed by atoms with Crippen molar-refractivity contribution in [3.05, 3.63) is 0 Å². The van der Waals surface area contributed by atoms with E-state index in [0.29, 0.717) is 6.54 Å². The molecule has 0 aliphatic carbocycles. The van der Waals surface area contributed by atoms with Crippen LogP contribution in [-0.4, -0.2) is 47.8 Å². The predicted octanol–water partition coefficient (Wildman–Crippen LogP) is -0.282. The Kier molecular flexibility index (Phi) is 5.55. The van der Waals surface area contributed by atoms with E-state index in [-0.39, 0.29) is 24.3 Å². The third-order valence-electron chi connectivity index (χ3n) is 3.62. The largest absolute Gasteiger partial charge is 0.479 e. The summed E-state index contributed by atoms with van der Waals surface area (Å²) < 4.78 is 0. The van der Waals surface area contributed by atoms with Crippen LogP contribution in [0.4, 0.5) is 0 Å². The first-order chi connectivity index (χ1) is 8.52. The first-order valence-corrected chi connectivity index (χ1v) is 6.42. The van der Waals surface area contributed by atoms with Gasteiger partial charge in [0.1, 0.15) is 0 Å². The summed E-state index contributed by atoms with van der Waals surface area (Å²) in [5.41, 5.74) is -0.383. The first-order valence-electron chi connectivity index (χ1n) is 6.42. The number of hydrogen-bond donors (Lipinski definition) is 4. The van der Waals surface area contributed by atoms with E-state index in [1.807, 2.05) is 6.92 Å². The highest BCUT2D eigenvalue weighted by Crippen LogP contribution is 2.30. The van der Waals surface area contributed by atoms with Crippen molar-refractivity contribution in [2.24, 2.45) is 5.41 Å². The molecule has 0 spiro atoms. The standard InChI is InChI=1S/C12H22N2O4/c1-2-12(5-3-6-13-8-12)11(18)14-7-4-9(15)10(16)17/h9,13,15H,2-8H2,1H3,(H,14,18)(H,16,17). The van der Waals surface area contributed by atoms with Gasteiger partial charge in [-0.3, -0.25) is 4.79 Å². The molecule has 2 atom stereocenters. The van der Waals surface area contributed by atoms with Crippen LogP contribution in [0, 0.1) is 5.41 Å². The molecule has 1 heterocycles. The Labute approximate surface area is 107 Å². The normalized spacial score (nSPS) is 25.4. The summed E-state index contributed by atoms with van der Waals surface area (Å²) >= 11 is 0. The van der Waals surface area contributed by atoms with Crippen molar-refractivity contribution < 1.29 is 19.8 Å². The Morgan fingerprint density at radius 1 is 1.50 bits per heavy atom. The smallest absolute Gasteiger partial charge is 0.332 e. The molecule has 0 radical (unpaired) electrons. The number of amides is 1. The third-order valence-corrected chi connectivity index (χ3v) is 3.62. The molecule has 0 aromatic heterocycles. The van der Waals surface area contributed by atoms with Crippen molar-refractivity contribution in [2.75, 3.05) is 19.6 Å². The number of hydrogen-bond acceptors (Lipinski definition) is 4. The van der Waals surface area contributed by atoms with Crippen molar-refractivity contribution in [2.45, 2.75) is 38.7 Å². The van der Waals surface area contributed by atoms with Crippen molar-refractivity contribution in [1.29, 1.82) is 0 Å². The summed E-state index contributed by atoms with van der Waals surface area (Å²) in [5.74, 6) is -1.30. The summed E-state index contributed by atoms with van der Waals surface area (Å²) in [6.07, 6.45) is 1.21. The highest BCUT2D eigenvalue weighted by atomic mass is 16.4. The molecule has 6 nitrogen and oxygen atoms in total. The average Bonchev–Trinajstić information content (AvgIpc) is 2.39. The van der Waals surface area contributed by atoms with Crippen LogP contribution in [0.3, 0.4) is 0 Å². The van der Waals surface area contributed by atoms with Gasteiger partial charge in [0.25, 0.3) is 0 Å². The maximum atomic E-state index is 12.1. The number of carbonyl (C=O) groups is 2. The van der Waals surface area contributed by atoms with E-state index in [2.05, 4.69) is 10.6 Å². The van der Waals surface area contributed by atoms with Gasteiger partial charge in [-0.25, -0.2) is 4.79 Å². The van der Waals surface area contributed by atoms with Crippen LogP contribution in [-0.2, 0) is 9.59 Å². The molecular weight excluding hydrogens is 236 g/mol. The maximum absolute atomic E-state index is 12.1. The topological polar surface area (TPSA) is 98.7 Å². The van der Waals surface area contributed by atoms with Gasteiger partial charge in [-0.1, -0.05) is 6.92 Å². The number of carboxylic acids is 1. The number of rotatable bonds is 6. The molecule has 1 fully saturated rings. The Hall–Kier alpha value is -1.14.